The summed E-state index contributed by atoms with van der Waals surface area (Å²) in [6.07, 6.45) is 2.22. The lowest BCUT2D eigenvalue weighted by Crippen LogP contribution is -2.52. The number of nitrogens with two attached hydrogens (primary N) is 1. The Hall–Kier alpha value is -1.63. The molecule has 7 nitrogen and oxygen atoms in total. The number of primary amides is 1. The van der Waals surface area contributed by atoms with E-state index in [1.54, 1.807) is 0 Å². The van der Waals surface area contributed by atoms with Crippen molar-refractivity contribution < 1.29 is 19.5 Å². The Kier molecular flexibility index (Phi) is 4.89. The molecule has 2 atom stereocenters. The Morgan fingerprint density at radius 3 is 2.59 bits per heavy atom. The van der Waals surface area contributed by atoms with Crippen molar-refractivity contribution >= 4 is 17.8 Å². The molecule has 0 saturated carbocycles. The van der Waals surface area contributed by atoms with Crippen LogP contribution < -0.4 is 16.4 Å². The van der Waals surface area contributed by atoms with Crippen molar-refractivity contribution in [3.63, 3.8) is 0 Å². The molecule has 1 aliphatic heterocycles. The summed E-state index contributed by atoms with van der Waals surface area (Å²) in [4.78, 5) is 33.2. The third kappa shape index (κ3) is 4.39. The molecular weight excluding hydrogens is 226 g/mol. The minimum absolute atomic E-state index is 0.376. The van der Waals surface area contributed by atoms with Gasteiger partial charge in [0, 0.05) is 0 Å². The van der Waals surface area contributed by atoms with Crippen molar-refractivity contribution in [2.75, 3.05) is 6.54 Å². The van der Waals surface area contributed by atoms with E-state index in [2.05, 4.69) is 10.6 Å². The van der Waals surface area contributed by atoms with Gasteiger partial charge in [-0.25, -0.2) is 4.79 Å². The fourth-order valence-corrected chi connectivity index (χ4v) is 1.75. The van der Waals surface area contributed by atoms with Crippen LogP contribution in [-0.2, 0) is 14.4 Å². The van der Waals surface area contributed by atoms with Gasteiger partial charge in [0.05, 0.1) is 12.5 Å². The number of carbonyl (C=O) groups is 3. The summed E-state index contributed by atoms with van der Waals surface area (Å²) in [5.74, 6) is -2.40. The largest absolute Gasteiger partial charge is 0.480 e. The lowest BCUT2D eigenvalue weighted by atomic mass is 10.0. The topological polar surface area (TPSA) is 122 Å². The predicted octanol–water partition coefficient (Wildman–Crippen LogP) is -1.43. The van der Waals surface area contributed by atoms with Crippen LogP contribution in [0.1, 0.15) is 25.7 Å². The van der Waals surface area contributed by atoms with E-state index in [9.17, 15) is 14.4 Å². The third-order valence-electron chi connectivity index (χ3n) is 2.65. The van der Waals surface area contributed by atoms with Gasteiger partial charge < -0.3 is 21.5 Å². The van der Waals surface area contributed by atoms with Crippen LogP contribution in [0.15, 0.2) is 0 Å². The molecule has 2 amide bonds. The van der Waals surface area contributed by atoms with E-state index in [4.69, 9.17) is 10.8 Å². The normalized spacial score (nSPS) is 21.5. The maximum Gasteiger partial charge on any atom is 0.326 e. The number of hydrogen-bond acceptors (Lipinski definition) is 4. The summed E-state index contributed by atoms with van der Waals surface area (Å²) in [5.41, 5.74) is 4.92. The number of carboxylic acids is 1. The van der Waals surface area contributed by atoms with Crippen LogP contribution in [0.25, 0.3) is 0 Å². The van der Waals surface area contributed by atoms with E-state index in [1.165, 1.54) is 0 Å². The minimum atomic E-state index is -1.26. The Balaban J connectivity index is 2.50. The highest BCUT2D eigenvalue weighted by atomic mass is 16.4. The molecule has 0 aromatic carbocycles. The molecule has 1 rings (SSSR count). The molecule has 0 spiro atoms. The van der Waals surface area contributed by atoms with Gasteiger partial charge in [-0.2, -0.15) is 0 Å². The van der Waals surface area contributed by atoms with Crippen molar-refractivity contribution in [1.29, 1.82) is 0 Å². The second kappa shape index (κ2) is 6.19. The van der Waals surface area contributed by atoms with Crippen LogP contribution in [0.2, 0.25) is 0 Å². The van der Waals surface area contributed by atoms with Crippen LogP contribution in [-0.4, -0.2) is 41.5 Å². The van der Waals surface area contributed by atoms with Crippen molar-refractivity contribution in [1.82, 2.24) is 10.6 Å². The number of aliphatic carboxylic acids is 1. The molecular formula is C10H17N3O4. The summed E-state index contributed by atoms with van der Waals surface area (Å²) >= 11 is 0. The molecule has 0 aromatic rings. The van der Waals surface area contributed by atoms with E-state index >= 15 is 0 Å². The monoisotopic (exact) mass is 243 g/mol. The zero-order chi connectivity index (χ0) is 12.8. The molecule has 0 aromatic heterocycles. The molecule has 1 fully saturated rings. The Morgan fingerprint density at radius 2 is 2.12 bits per heavy atom. The van der Waals surface area contributed by atoms with E-state index in [1.807, 2.05) is 0 Å². The van der Waals surface area contributed by atoms with Gasteiger partial charge in [0.25, 0.3) is 0 Å². The number of rotatable bonds is 5. The van der Waals surface area contributed by atoms with Crippen molar-refractivity contribution in [3.8, 4) is 0 Å². The van der Waals surface area contributed by atoms with Crippen LogP contribution in [0.5, 0.6) is 0 Å². The highest BCUT2D eigenvalue weighted by Gasteiger charge is 2.27. The van der Waals surface area contributed by atoms with Crippen LogP contribution in [0.3, 0.4) is 0 Å². The van der Waals surface area contributed by atoms with E-state index in [-0.39, 0.29) is 6.04 Å². The highest BCUT2D eigenvalue weighted by molar-refractivity contribution is 5.90. The summed E-state index contributed by atoms with van der Waals surface area (Å²) < 4.78 is 0. The Bertz CT molecular complexity index is 313. The summed E-state index contributed by atoms with van der Waals surface area (Å²) in [7, 11) is 0. The molecule has 5 N–H and O–H groups in total. The average Bonchev–Trinajstić information content (AvgIpc) is 2.28. The first-order chi connectivity index (χ1) is 8.00. The molecule has 0 unspecified atom stereocenters. The zero-order valence-corrected chi connectivity index (χ0v) is 9.44. The number of nitrogens with one attached hydrogen (secondary N) is 2. The highest BCUT2D eigenvalue weighted by Crippen LogP contribution is 2.07. The first-order valence-electron chi connectivity index (χ1n) is 5.55. The second-order valence-electron chi connectivity index (χ2n) is 4.07. The number of carbonyl (C=O) groups excluding carboxylic acids is 2. The summed E-state index contributed by atoms with van der Waals surface area (Å²) in [5, 5.41) is 14.1. The van der Waals surface area contributed by atoms with Crippen LogP contribution in [0, 0.1) is 0 Å². The standard InChI is InChI=1S/C10H17N3O4/c11-8(14)5-7(10(16)17)13-9(15)6-3-1-2-4-12-6/h6-7,12H,1-5H2,(H2,11,14)(H,13,15)(H,16,17)/t6-,7+/m0/s1. The predicted molar refractivity (Wildman–Crippen MR) is 59.0 cm³/mol. The summed E-state index contributed by atoms with van der Waals surface area (Å²) in [6, 6.07) is -1.62. The Morgan fingerprint density at radius 1 is 1.41 bits per heavy atom. The van der Waals surface area contributed by atoms with Crippen LogP contribution in [0.4, 0.5) is 0 Å². The number of hydrogen-bond donors (Lipinski definition) is 4. The quantitative estimate of drug-likeness (QED) is 0.472. The van der Waals surface area contributed by atoms with Gasteiger partial charge in [-0.05, 0) is 19.4 Å². The van der Waals surface area contributed by atoms with E-state index < -0.39 is 30.2 Å². The van der Waals surface area contributed by atoms with E-state index in [0.29, 0.717) is 6.42 Å². The fourth-order valence-electron chi connectivity index (χ4n) is 1.75. The number of piperidine rings is 1. The molecule has 0 bridgehead atoms. The first-order valence-corrected chi connectivity index (χ1v) is 5.55. The van der Waals surface area contributed by atoms with E-state index in [0.717, 1.165) is 19.4 Å². The zero-order valence-electron chi connectivity index (χ0n) is 9.44. The molecule has 1 aliphatic rings. The van der Waals surface area contributed by atoms with Crippen molar-refractivity contribution in [2.45, 2.75) is 37.8 Å². The molecule has 96 valence electrons. The molecule has 7 heteroatoms. The van der Waals surface area contributed by atoms with Gasteiger partial charge in [0.1, 0.15) is 6.04 Å². The average molecular weight is 243 g/mol. The van der Waals surface area contributed by atoms with Crippen LogP contribution >= 0.6 is 0 Å². The van der Waals surface area contributed by atoms with Gasteiger partial charge in [-0.3, -0.25) is 9.59 Å². The van der Waals surface area contributed by atoms with Gasteiger partial charge >= 0.3 is 5.97 Å². The van der Waals surface area contributed by atoms with Crippen molar-refractivity contribution in [2.24, 2.45) is 5.73 Å². The van der Waals surface area contributed by atoms with Gasteiger partial charge in [0.15, 0.2) is 0 Å². The molecule has 0 aliphatic carbocycles. The lowest BCUT2D eigenvalue weighted by Gasteiger charge is -2.24. The minimum Gasteiger partial charge on any atom is -0.480 e. The second-order valence-corrected chi connectivity index (χ2v) is 4.07. The number of carboxylic acid groups (broad SMARTS) is 1. The Labute approximate surface area is 98.7 Å². The maximum absolute atomic E-state index is 11.7. The maximum atomic E-state index is 11.7. The molecule has 0 radical (unpaired) electrons. The summed E-state index contributed by atoms with van der Waals surface area (Å²) in [6.45, 7) is 0.742. The van der Waals surface area contributed by atoms with Gasteiger partial charge in [-0.1, -0.05) is 6.42 Å². The lowest BCUT2D eigenvalue weighted by molar-refractivity contribution is -0.143. The fraction of sp³-hybridized carbons (Fsp3) is 0.700. The third-order valence-corrected chi connectivity index (χ3v) is 2.65. The van der Waals surface area contributed by atoms with Gasteiger partial charge in [-0.15, -0.1) is 0 Å². The molecule has 1 heterocycles. The van der Waals surface area contributed by atoms with Crippen molar-refractivity contribution in [3.05, 3.63) is 0 Å². The van der Waals surface area contributed by atoms with Gasteiger partial charge in [0.2, 0.25) is 11.8 Å². The molecule has 17 heavy (non-hydrogen) atoms. The number of amides is 2. The smallest absolute Gasteiger partial charge is 0.326 e. The SMILES string of the molecule is NC(=O)C[C@@H](NC(=O)[C@@H]1CCCCN1)C(=O)O. The molecule has 1 saturated heterocycles. The first kappa shape index (κ1) is 13.4.